The van der Waals surface area contributed by atoms with Crippen molar-refractivity contribution < 1.29 is 14.7 Å². The highest BCUT2D eigenvalue weighted by atomic mass is 16.4. The molecule has 0 aromatic carbocycles. The van der Waals surface area contributed by atoms with Crippen LogP contribution in [0.5, 0.6) is 0 Å². The Morgan fingerprint density at radius 3 is 2.80 bits per heavy atom. The highest BCUT2D eigenvalue weighted by Crippen LogP contribution is 2.02. The molecule has 0 aliphatic rings. The Morgan fingerprint density at radius 2 is 2.20 bits per heavy atom. The summed E-state index contributed by atoms with van der Waals surface area (Å²) in [6, 6.07) is 1.14. The second-order valence-electron chi connectivity index (χ2n) is 2.82. The number of carbonyl (C=O) groups excluding carboxylic acids is 1. The van der Waals surface area contributed by atoms with Gasteiger partial charge < -0.3 is 15.7 Å². The monoisotopic (exact) mass is 209 g/mol. The van der Waals surface area contributed by atoms with Gasteiger partial charge in [-0.15, -0.1) is 0 Å². The third kappa shape index (κ3) is 3.26. The Hall–Kier alpha value is -2.11. The first-order valence-electron chi connectivity index (χ1n) is 4.26. The number of carboxylic acid groups (broad SMARTS) is 1. The molecule has 1 aromatic heterocycles. The van der Waals surface area contributed by atoms with Gasteiger partial charge in [0, 0.05) is 26.0 Å². The molecule has 1 aromatic rings. The quantitative estimate of drug-likeness (QED) is 0.663. The lowest BCUT2D eigenvalue weighted by Gasteiger charge is -2.04. The van der Waals surface area contributed by atoms with E-state index >= 15 is 0 Å². The van der Waals surface area contributed by atoms with Gasteiger partial charge in [-0.2, -0.15) is 0 Å². The van der Waals surface area contributed by atoms with E-state index in [0.717, 1.165) is 0 Å². The SMILES string of the molecule is CNC(=O)NCc1cncc(C(=O)O)c1. The topological polar surface area (TPSA) is 91.3 Å². The van der Waals surface area contributed by atoms with Crippen LogP contribution >= 0.6 is 0 Å². The third-order valence-corrected chi connectivity index (χ3v) is 1.72. The van der Waals surface area contributed by atoms with Crippen LogP contribution in [0, 0.1) is 0 Å². The van der Waals surface area contributed by atoms with Crippen molar-refractivity contribution in [3.05, 3.63) is 29.6 Å². The van der Waals surface area contributed by atoms with E-state index in [1.165, 1.54) is 25.5 Å². The van der Waals surface area contributed by atoms with Crippen LogP contribution in [0.2, 0.25) is 0 Å². The summed E-state index contributed by atoms with van der Waals surface area (Å²) in [5, 5.41) is 13.6. The molecule has 1 heterocycles. The molecule has 0 saturated heterocycles. The molecule has 6 nitrogen and oxygen atoms in total. The lowest BCUT2D eigenvalue weighted by Crippen LogP contribution is -2.32. The smallest absolute Gasteiger partial charge is 0.337 e. The molecule has 0 atom stereocenters. The molecule has 0 saturated carbocycles. The fourth-order valence-corrected chi connectivity index (χ4v) is 0.972. The minimum atomic E-state index is -1.04. The first-order valence-corrected chi connectivity index (χ1v) is 4.26. The van der Waals surface area contributed by atoms with Crippen LogP contribution in [-0.4, -0.2) is 29.1 Å². The Balaban J connectivity index is 2.66. The first kappa shape index (κ1) is 11.0. The standard InChI is InChI=1S/C9H11N3O3/c1-10-9(15)12-4-6-2-7(8(13)14)5-11-3-6/h2-3,5H,4H2,1H3,(H,13,14)(H2,10,12,15). The number of aromatic nitrogens is 1. The minimum Gasteiger partial charge on any atom is -0.478 e. The van der Waals surface area contributed by atoms with Gasteiger partial charge in [0.25, 0.3) is 0 Å². The fraction of sp³-hybridized carbons (Fsp3) is 0.222. The van der Waals surface area contributed by atoms with Gasteiger partial charge in [-0.3, -0.25) is 4.98 Å². The summed E-state index contributed by atoms with van der Waals surface area (Å²) in [6.45, 7) is 0.244. The number of hydrogen-bond acceptors (Lipinski definition) is 3. The summed E-state index contributed by atoms with van der Waals surface area (Å²) in [6.07, 6.45) is 2.76. The molecular formula is C9H11N3O3. The number of carbonyl (C=O) groups is 2. The molecule has 0 bridgehead atoms. The molecule has 2 amide bonds. The molecular weight excluding hydrogens is 198 g/mol. The molecule has 80 valence electrons. The van der Waals surface area contributed by atoms with E-state index in [1.54, 1.807) is 0 Å². The first-order chi connectivity index (χ1) is 7.13. The summed E-state index contributed by atoms with van der Waals surface area (Å²) in [5.74, 6) is -1.04. The van der Waals surface area contributed by atoms with Gasteiger partial charge in [0.15, 0.2) is 0 Å². The number of pyridine rings is 1. The van der Waals surface area contributed by atoms with E-state index < -0.39 is 5.97 Å². The lowest BCUT2D eigenvalue weighted by molar-refractivity contribution is 0.0696. The van der Waals surface area contributed by atoms with Crippen LogP contribution in [0.15, 0.2) is 18.5 Å². The predicted octanol–water partition coefficient (Wildman–Crippen LogP) is 0.209. The van der Waals surface area contributed by atoms with Crippen molar-refractivity contribution in [1.82, 2.24) is 15.6 Å². The van der Waals surface area contributed by atoms with Crippen molar-refractivity contribution in [2.75, 3.05) is 7.05 Å². The van der Waals surface area contributed by atoms with E-state index in [1.807, 2.05) is 0 Å². The van der Waals surface area contributed by atoms with Gasteiger partial charge in [-0.05, 0) is 11.6 Å². The summed E-state index contributed by atoms with van der Waals surface area (Å²) < 4.78 is 0. The summed E-state index contributed by atoms with van der Waals surface area (Å²) in [5.41, 5.74) is 0.740. The Kier molecular flexibility index (Phi) is 3.61. The van der Waals surface area contributed by atoms with Gasteiger partial charge >= 0.3 is 12.0 Å². The van der Waals surface area contributed by atoms with E-state index in [2.05, 4.69) is 15.6 Å². The van der Waals surface area contributed by atoms with Crippen molar-refractivity contribution in [1.29, 1.82) is 0 Å². The summed E-state index contributed by atoms with van der Waals surface area (Å²) >= 11 is 0. The van der Waals surface area contributed by atoms with Crippen LogP contribution in [0.3, 0.4) is 0 Å². The van der Waals surface area contributed by atoms with Crippen LogP contribution in [-0.2, 0) is 6.54 Å². The van der Waals surface area contributed by atoms with Gasteiger partial charge in [0.2, 0.25) is 0 Å². The van der Waals surface area contributed by atoms with Gasteiger partial charge in [-0.25, -0.2) is 9.59 Å². The number of urea groups is 1. The van der Waals surface area contributed by atoms with E-state index in [0.29, 0.717) is 5.56 Å². The largest absolute Gasteiger partial charge is 0.478 e. The molecule has 15 heavy (non-hydrogen) atoms. The molecule has 0 fully saturated rings. The highest BCUT2D eigenvalue weighted by Gasteiger charge is 2.04. The number of hydrogen-bond donors (Lipinski definition) is 3. The lowest BCUT2D eigenvalue weighted by atomic mass is 10.2. The molecule has 0 aliphatic carbocycles. The van der Waals surface area contributed by atoms with Gasteiger partial charge in [0.05, 0.1) is 5.56 Å². The number of aromatic carboxylic acids is 1. The Labute approximate surface area is 86.3 Å². The zero-order chi connectivity index (χ0) is 11.3. The normalized spacial score (nSPS) is 9.40. The predicted molar refractivity (Wildman–Crippen MR) is 52.5 cm³/mol. The zero-order valence-corrected chi connectivity index (χ0v) is 8.15. The number of rotatable bonds is 3. The van der Waals surface area contributed by atoms with Crippen molar-refractivity contribution in [3.63, 3.8) is 0 Å². The average Bonchev–Trinajstić information content (AvgIpc) is 2.26. The van der Waals surface area contributed by atoms with Crippen molar-refractivity contribution >= 4 is 12.0 Å². The molecule has 0 radical (unpaired) electrons. The maximum absolute atomic E-state index is 10.8. The van der Waals surface area contributed by atoms with Crippen LogP contribution in [0.4, 0.5) is 4.79 Å². The number of nitrogens with zero attached hydrogens (tertiary/aromatic N) is 1. The number of carboxylic acids is 1. The summed E-state index contributed by atoms with van der Waals surface area (Å²) in [7, 11) is 1.50. The Morgan fingerprint density at radius 1 is 1.47 bits per heavy atom. The van der Waals surface area contributed by atoms with Crippen molar-refractivity contribution in [2.45, 2.75) is 6.54 Å². The van der Waals surface area contributed by atoms with Gasteiger partial charge in [-0.1, -0.05) is 0 Å². The van der Waals surface area contributed by atoms with E-state index in [4.69, 9.17) is 5.11 Å². The van der Waals surface area contributed by atoms with Crippen LogP contribution in [0.25, 0.3) is 0 Å². The van der Waals surface area contributed by atoms with Crippen LogP contribution in [0.1, 0.15) is 15.9 Å². The zero-order valence-electron chi connectivity index (χ0n) is 8.15. The average molecular weight is 209 g/mol. The maximum atomic E-state index is 10.8. The molecule has 0 spiro atoms. The second-order valence-corrected chi connectivity index (χ2v) is 2.82. The summed E-state index contributed by atoms with van der Waals surface area (Å²) in [4.78, 5) is 25.2. The third-order valence-electron chi connectivity index (χ3n) is 1.72. The fourth-order valence-electron chi connectivity index (χ4n) is 0.972. The Bertz CT molecular complexity index is 379. The van der Waals surface area contributed by atoms with Crippen molar-refractivity contribution in [2.24, 2.45) is 0 Å². The maximum Gasteiger partial charge on any atom is 0.337 e. The molecule has 3 N–H and O–H groups in total. The van der Waals surface area contributed by atoms with E-state index in [9.17, 15) is 9.59 Å². The van der Waals surface area contributed by atoms with Crippen LogP contribution < -0.4 is 10.6 Å². The molecule has 0 aliphatic heterocycles. The van der Waals surface area contributed by atoms with Gasteiger partial charge in [0.1, 0.15) is 0 Å². The number of nitrogens with one attached hydrogen (secondary N) is 2. The molecule has 1 rings (SSSR count). The molecule has 6 heteroatoms. The van der Waals surface area contributed by atoms with E-state index in [-0.39, 0.29) is 18.1 Å². The number of amides is 2. The second kappa shape index (κ2) is 4.94. The van der Waals surface area contributed by atoms with Crippen molar-refractivity contribution in [3.8, 4) is 0 Å². The molecule has 0 unspecified atom stereocenters. The minimum absolute atomic E-state index is 0.103. The highest BCUT2D eigenvalue weighted by molar-refractivity contribution is 5.87.